The summed E-state index contributed by atoms with van der Waals surface area (Å²) in [5.41, 5.74) is 5.17. The average Bonchev–Trinajstić information content (AvgIpc) is 2.88. The van der Waals surface area contributed by atoms with Gasteiger partial charge in [0.15, 0.2) is 0 Å². The molecule has 0 atom stereocenters. The third-order valence-corrected chi connectivity index (χ3v) is 4.96. The molecule has 0 spiro atoms. The topological polar surface area (TPSA) is 37.3 Å². The van der Waals surface area contributed by atoms with Crippen LogP contribution in [-0.4, -0.2) is 22.0 Å². The van der Waals surface area contributed by atoms with E-state index in [2.05, 4.69) is 9.88 Å². The SMILES string of the molecule is Cc1ccc(NC(=O)N2CCc3c(c4cc(F)ccc4n3C)C2)cc1. The summed E-state index contributed by atoms with van der Waals surface area (Å²) in [6, 6.07) is 12.5. The number of halogens is 1. The largest absolute Gasteiger partial charge is 0.347 e. The van der Waals surface area contributed by atoms with E-state index in [1.54, 1.807) is 17.0 Å². The van der Waals surface area contributed by atoms with Gasteiger partial charge in [0, 0.05) is 54.4 Å². The van der Waals surface area contributed by atoms with E-state index in [0.29, 0.717) is 13.1 Å². The number of aromatic nitrogens is 1. The molecule has 1 aromatic heterocycles. The van der Waals surface area contributed by atoms with Gasteiger partial charge in [-0.3, -0.25) is 0 Å². The maximum Gasteiger partial charge on any atom is 0.322 e. The van der Waals surface area contributed by atoms with Crippen molar-refractivity contribution in [3.63, 3.8) is 0 Å². The van der Waals surface area contributed by atoms with Crippen molar-refractivity contribution in [2.45, 2.75) is 19.9 Å². The van der Waals surface area contributed by atoms with E-state index in [4.69, 9.17) is 0 Å². The average molecular weight is 337 g/mol. The van der Waals surface area contributed by atoms with E-state index in [-0.39, 0.29) is 11.8 Å². The third-order valence-electron chi connectivity index (χ3n) is 4.96. The molecule has 4 nitrogen and oxygen atoms in total. The second-order valence-corrected chi connectivity index (χ2v) is 6.61. The molecule has 0 saturated carbocycles. The van der Waals surface area contributed by atoms with Crippen LogP contribution in [0.1, 0.15) is 16.8 Å². The van der Waals surface area contributed by atoms with E-state index in [1.807, 2.05) is 38.2 Å². The van der Waals surface area contributed by atoms with Gasteiger partial charge in [-0.25, -0.2) is 9.18 Å². The number of rotatable bonds is 1. The second-order valence-electron chi connectivity index (χ2n) is 6.61. The summed E-state index contributed by atoms with van der Waals surface area (Å²) in [5.74, 6) is -0.248. The Morgan fingerprint density at radius 1 is 1.16 bits per heavy atom. The standard InChI is InChI=1S/C20H20FN3O/c1-13-3-6-15(7-4-13)22-20(25)24-10-9-19-17(12-24)16-11-14(21)5-8-18(16)23(19)2/h3-8,11H,9-10,12H2,1-2H3,(H,22,25). The first kappa shape index (κ1) is 15.7. The number of hydrogen-bond donors (Lipinski definition) is 1. The number of urea groups is 1. The van der Waals surface area contributed by atoms with Crippen LogP contribution in [0.5, 0.6) is 0 Å². The predicted molar refractivity (Wildman–Crippen MR) is 97.2 cm³/mol. The lowest BCUT2D eigenvalue weighted by Gasteiger charge is -2.28. The van der Waals surface area contributed by atoms with E-state index in [9.17, 15) is 9.18 Å². The number of anilines is 1. The van der Waals surface area contributed by atoms with E-state index in [1.165, 1.54) is 11.8 Å². The Balaban J connectivity index is 1.61. The highest BCUT2D eigenvalue weighted by atomic mass is 19.1. The molecule has 3 aromatic rings. The van der Waals surface area contributed by atoms with Gasteiger partial charge in [0.25, 0.3) is 0 Å². The molecule has 0 bridgehead atoms. The van der Waals surface area contributed by atoms with Crippen LogP contribution in [0.25, 0.3) is 10.9 Å². The Bertz CT molecular complexity index is 959. The Morgan fingerprint density at radius 3 is 2.68 bits per heavy atom. The summed E-state index contributed by atoms with van der Waals surface area (Å²) >= 11 is 0. The highest BCUT2D eigenvalue weighted by Gasteiger charge is 2.25. The zero-order valence-electron chi connectivity index (χ0n) is 14.3. The molecular formula is C20H20FN3O. The molecule has 0 unspecified atom stereocenters. The predicted octanol–water partition coefficient (Wildman–Crippen LogP) is 4.22. The lowest BCUT2D eigenvalue weighted by Crippen LogP contribution is -2.39. The minimum atomic E-state index is -0.248. The Hall–Kier alpha value is -2.82. The molecule has 0 aliphatic carbocycles. The van der Waals surface area contributed by atoms with Crippen molar-refractivity contribution < 1.29 is 9.18 Å². The summed E-state index contributed by atoms with van der Waals surface area (Å²) in [7, 11) is 2.00. The molecule has 1 N–H and O–H groups in total. The van der Waals surface area contributed by atoms with Crippen molar-refractivity contribution in [3.8, 4) is 0 Å². The van der Waals surface area contributed by atoms with Crippen LogP contribution >= 0.6 is 0 Å². The van der Waals surface area contributed by atoms with Gasteiger partial charge in [-0.2, -0.15) is 0 Å². The minimum absolute atomic E-state index is 0.122. The van der Waals surface area contributed by atoms with Crippen molar-refractivity contribution in [2.24, 2.45) is 7.05 Å². The normalized spacial score (nSPS) is 13.8. The van der Waals surface area contributed by atoms with Crippen molar-refractivity contribution in [3.05, 3.63) is 65.1 Å². The molecular weight excluding hydrogens is 317 g/mol. The van der Waals surface area contributed by atoms with Gasteiger partial charge in [0.05, 0.1) is 0 Å². The Labute approximate surface area is 145 Å². The van der Waals surface area contributed by atoms with Gasteiger partial charge >= 0.3 is 6.03 Å². The van der Waals surface area contributed by atoms with Crippen LogP contribution in [0.15, 0.2) is 42.5 Å². The van der Waals surface area contributed by atoms with Gasteiger partial charge in [0.1, 0.15) is 5.82 Å². The molecule has 25 heavy (non-hydrogen) atoms. The molecule has 1 aliphatic rings. The minimum Gasteiger partial charge on any atom is -0.347 e. The number of carbonyl (C=O) groups excluding carboxylic acids is 1. The second kappa shape index (κ2) is 5.92. The van der Waals surface area contributed by atoms with Gasteiger partial charge in [-0.1, -0.05) is 17.7 Å². The van der Waals surface area contributed by atoms with Gasteiger partial charge < -0.3 is 14.8 Å². The number of amides is 2. The molecule has 128 valence electrons. The molecule has 0 radical (unpaired) electrons. The van der Waals surface area contributed by atoms with Crippen LogP contribution in [-0.2, 0) is 20.0 Å². The smallest absolute Gasteiger partial charge is 0.322 e. The first-order valence-electron chi connectivity index (χ1n) is 8.41. The maximum absolute atomic E-state index is 13.7. The number of nitrogens with one attached hydrogen (secondary N) is 1. The number of aryl methyl sites for hydroxylation is 2. The van der Waals surface area contributed by atoms with Crippen LogP contribution in [0.4, 0.5) is 14.9 Å². The van der Waals surface area contributed by atoms with Crippen molar-refractivity contribution in [2.75, 3.05) is 11.9 Å². The fraction of sp³-hybridized carbons (Fsp3) is 0.250. The van der Waals surface area contributed by atoms with Crippen LogP contribution in [0.3, 0.4) is 0 Å². The Kier molecular flexibility index (Phi) is 3.71. The monoisotopic (exact) mass is 337 g/mol. The number of fused-ring (bicyclic) bond motifs is 3. The maximum atomic E-state index is 13.7. The zero-order valence-corrected chi connectivity index (χ0v) is 14.3. The number of nitrogens with zero attached hydrogens (tertiary/aromatic N) is 2. The Morgan fingerprint density at radius 2 is 1.92 bits per heavy atom. The third kappa shape index (κ3) is 2.76. The fourth-order valence-corrected chi connectivity index (χ4v) is 3.56. The first-order chi connectivity index (χ1) is 12.0. The summed E-state index contributed by atoms with van der Waals surface area (Å²) in [4.78, 5) is 14.4. The lowest BCUT2D eigenvalue weighted by molar-refractivity contribution is 0.206. The van der Waals surface area contributed by atoms with Crippen LogP contribution < -0.4 is 5.32 Å². The van der Waals surface area contributed by atoms with Crippen molar-refractivity contribution in [1.29, 1.82) is 0 Å². The van der Waals surface area contributed by atoms with Gasteiger partial charge in [-0.15, -0.1) is 0 Å². The summed E-state index contributed by atoms with van der Waals surface area (Å²) < 4.78 is 15.8. The zero-order chi connectivity index (χ0) is 17.6. The van der Waals surface area contributed by atoms with Gasteiger partial charge in [-0.05, 0) is 37.3 Å². The highest BCUT2D eigenvalue weighted by molar-refractivity contribution is 5.91. The highest BCUT2D eigenvalue weighted by Crippen LogP contribution is 2.31. The first-order valence-corrected chi connectivity index (χ1v) is 8.41. The van der Waals surface area contributed by atoms with Crippen molar-refractivity contribution in [1.82, 2.24) is 9.47 Å². The van der Waals surface area contributed by atoms with Crippen LogP contribution in [0, 0.1) is 12.7 Å². The molecule has 0 saturated heterocycles. The van der Waals surface area contributed by atoms with Crippen molar-refractivity contribution >= 4 is 22.6 Å². The molecule has 1 aliphatic heterocycles. The van der Waals surface area contributed by atoms with Crippen LogP contribution in [0.2, 0.25) is 0 Å². The van der Waals surface area contributed by atoms with E-state index in [0.717, 1.165) is 34.1 Å². The lowest BCUT2D eigenvalue weighted by atomic mass is 10.0. The quantitative estimate of drug-likeness (QED) is 0.709. The molecule has 2 aromatic carbocycles. The molecule has 5 heteroatoms. The van der Waals surface area contributed by atoms with Gasteiger partial charge in [0.2, 0.25) is 0 Å². The van der Waals surface area contributed by atoms with E-state index < -0.39 is 0 Å². The fourth-order valence-electron chi connectivity index (χ4n) is 3.56. The van der Waals surface area contributed by atoms with E-state index >= 15 is 0 Å². The molecule has 0 fully saturated rings. The molecule has 4 rings (SSSR count). The summed E-state index contributed by atoms with van der Waals surface area (Å²) in [6.45, 7) is 3.16. The summed E-state index contributed by atoms with van der Waals surface area (Å²) in [6.07, 6.45) is 0.767. The number of benzene rings is 2. The summed E-state index contributed by atoms with van der Waals surface area (Å²) in [5, 5.41) is 3.84. The number of hydrogen-bond acceptors (Lipinski definition) is 1. The molecule has 2 amide bonds. The number of carbonyl (C=O) groups is 1. The molecule has 2 heterocycles.